The van der Waals surface area contributed by atoms with Gasteiger partial charge in [0.25, 0.3) is 0 Å². The zero-order chi connectivity index (χ0) is 24.5. The fourth-order valence-electron chi connectivity index (χ4n) is 4.12. The summed E-state index contributed by atoms with van der Waals surface area (Å²) >= 11 is 0. The van der Waals surface area contributed by atoms with Gasteiger partial charge in [0.05, 0.1) is 13.2 Å². The third kappa shape index (κ3) is 7.18. The van der Waals surface area contributed by atoms with E-state index < -0.39 is 0 Å². The van der Waals surface area contributed by atoms with E-state index in [1.807, 2.05) is 36.4 Å². The monoisotopic (exact) mass is 474 g/mol. The highest BCUT2D eigenvalue weighted by Gasteiger charge is 2.21. The van der Waals surface area contributed by atoms with Crippen LogP contribution < -0.4 is 26.6 Å². The van der Waals surface area contributed by atoms with E-state index in [2.05, 4.69) is 44.6 Å². The Morgan fingerprint density at radius 2 is 1.74 bits per heavy atom. The molecule has 8 heteroatoms. The first-order valence-corrected chi connectivity index (χ1v) is 12.1. The first kappa shape index (κ1) is 24.5. The number of carbonyl (C=O) groups is 1. The maximum absolute atomic E-state index is 12.3. The van der Waals surface area contributed by atoms with Crippen molar-refractivity contribution in [2.45, 2.75) is 25.3 Å². The first-order valence-electron chi connectivity index (χ1n) is 12.1. The quantitative estimate of drug-likeness (QED) is 0.436. The minimum Gasteiger partial charge on any atom is -0.398 e. The molecule has 0 aliphatic carbocycles. The van der Waals surface area contributed by atoms with Gasteiger partial charge in [-0.05, 0) is 67.3 Å². The van der Waals surface area contributed by atoms with Crippen molar-refractivity contribution in [2.75, 3.05) is 48.4 Å². The minimum atomic E-state index is -0.334. The fourth-order valence-corrected chi connectivity index (χ4v) is 4.12. The van der Waals surface area contributed by atoms with E-state index in [0.29, 0.717) is 37.0 Å². The van der Waals surface area contributed by atoms with Crippen LogP contribution in [0.2, 0.25) is 0 Å². The fraction of sp³-hybridized carbons (Fsp3) is 0.333. The summed E-state index contributed by atoms with van der Waals surface area (Å²) in [6.45, 7) is 7.90. The zero-order valence-electron chi connectivity index (χ0n) is 20.0. The third-order valence-corrected chi connectivity index (χ3v) is 6.09. The summed E-state index contributed by atoms with van der Waals surface area (Å²) in [4.78, 5) is 19.0. The molecule has 0 saturated carbocycles. The van der Waals surface area contributed by atoms with Crippen LogP contribution in [0.1, 0.15) is 24.8 Å². The molecule has 1 unspecified atom stereocenters. The van der Waals surface area contributed by atoms with E-state index in [1.165, 1.54) is 24.9 Å². The number of piperidine rings is 1. The van der Waals surface area contributed by atoms with Crippen LogP contribution in [0.25, 0.3) is 5.70 Å². The van der Waals surface area contributed by atoms with Gasteiger partial charge in [-0.1, -0.05) is 18.7 Å². The van der Waals surface area contributed by atoms with Gasteiger partial charge >= 0.3 is 0 Å². The molecule has 2 heterocycles. The van der Waals surface area contributed by atoms with Crippen molar-refractivity contribution >= 4 is 34.9 Å². The molecule has 184 valence electrons. The Labute approximate surface area is 206 Å². The molecule has 35 heavy (non-hydrogen) atoms. The maximum atomic E-state index is 12.3. The highest BCUT2D eigenvalue weighted by Crippen LogP contribution is 2.22. The third-order valence-electron chi connectivity index (χ3n) is 6.09. The molecule has 0 spiro atoms. The molecule has 2 fully saturated rings. The second-order valence-electron chi connectivity index (χ2n) is 8.71. The topological polar surface area (TPSA) is 104 Å². The lowest BCUT2D eigenvalue weighted by Gasteiger charge is -2.28. The van der Waals surface area contributed by atoms with E-state index in [9.17, 15) is 4.79 Å². The molecule has 8 nitrogen and oxygen atoms in total. The number of nitrogens with two attached hydrogens (primary N) is 1. The largest absolute Gasteiger partial charge is 0.398 e. The number of morpholine rings is 1. The molecule has 2 saturated heterocycles. The summed E-state index contributed by atoms with van der Waals surface area (Å²) < 4.78 is 5.33. The number of anilines is 3. The molecule has 4 rings (SSSR count). The molecule has 2 aromatic rings. The molecule has 0 aromatic heterocycles. The Morgan fingerprint density at radius 3 is 2.43 bits per heavy atom. The van der Waals surface area contributed by atoms with Crippen LogP contribution in [0, 0.1) is 0 Å². The highest BCUT2D eigenvalue weighted by atomic mass is 16.5. The van der Waals surface area contributed by atoms with Gasteiger partial charge in [0, 0.05) is 48.6 Å². The number of allylic oxidation sites excluding steroid dienone is 1. The second kappa shape index (κ2) is 12.2. The van der Waals surface area contributed by atoms with Gasteiger partial charge in [-0.15, -0.1) is 0 Å². The molecule has 1 amide bonds. The number of ether oxygens (including phenoxy) is 1. The number of aliphatic imine (C=N–C) groups is 1. The number of hydrogen-bond donors (Lipinski definition) is 4. The number of nitrogens with one attached hydrogen (secondary N) is 3. The molecule has 5 N–H and O–H groups in total. The van der Waals surface area contributed by atoms with Crippen LogP contribution in [-0.4, -0.2) is 51.0 Å². The first-order chi connectivity index (χ1) is 17.1. The van der Waals surface area contributed by atoms with Gasteiger partial charge in [0.1, 0.15) is 11.9 Å². The van der Waals surface area contributed by atoms with Crippen molar-refractivity contribution in [3.05, 3.63) is 72.6 Å². The van der Waals surface area contributed by atoms with Crippen LogP contribution in [0.15, 0.2) is 72.0 Å². The standard InChI is InChI=1S/C27H34N6O2/c1-20(31-22-9-11-24(12-10-22)33-16-3-2-4-17-33)29-14-13-25(28)21-5-7-23(8-6-21)32-27(34)26-19-35-18-15-30-26/h5-14,26,30-31H,1-4,15-19,28H2,(H,32,34)/b25-13-,29-14-. The van der Waals surface area contributed by atoms with Gasteiger partial charge in [-0.25, -0.2) is 4.99 Å². The normalized spacial score (nSPS) is 18.9. The molecule has 0 radical (unpaired) electrons. The molecule has 2 aromatic carbocycles. The zero-order valence-corrected chi connectivity index (χ0v) is 20.0. The van der Waals surface area contributed by atoms with Crippen molar-refractivity contribution in [3.8, 4) is 0 Å². The van der Waals surface area contributed by atoms with Crippen LogP contribution >= 0.6 is 0 Å². The molecule has 1 atom stereocenters. The molecule has 2 aliphatic heterocycles. The van der Waals surface area contributed by atoms with Gasteiger partial charge in [0.2, 0.25) is 5.91 Å². The van der Waals surface area contributed by atoms with Crippen LogP contribution in [-0.2, 0) is 9.53 Å². The molecular weight excluding hydrogens is 440 g/mol. The van der Waals surface area contributed by atoms with Gasteiger partial charge in [-0.3, -0.25) is 4.79 Å². The Bertz CT molecular complexity index is 1050. The average molecular weight is 475 g/mol. The van der Waals surface area contributed by atoms with E-state index >= 15 is 0 Å². The molecule has 0 bridgehead atoms. The summed E-state index contributed by atoms with van der Waals surface area (Å²) in [5.74, 6) is 0.415. The Hall–Kier alpha value is -3.62. The number of rotatable bonds is 8. The number of amides is 1. The summed E-state index contributed by atoms with van der Waals surface area (Å²) in [7, 11) is 0. The lowest BCUT2D eigenvalue weighted by Crippen LogP contribution is -2.48. The number of benzene rings is 2. The smallest absolute Gasteiger partial charge is 0.243 e. The summed E-state index contributed by atoms with van der Waals surface area (Å²) in [5, 5.41) is 9.23. The summed E-state index contributed by atoms with van der Waals surface area (Å²) in [6, 6.07) is 15.4. The number of carbonyl (C=O) groups excluding carboxylic acids is 1. The SMILES string of the molecule is C=C(/N=C\C=C(/N)c1ccc(NC(=O)C2COCCN2)cc1)Nc1ccc(N2CCCCC2)cc1. The van der Waals surface area contributed by atoms with Crippen molar-refractivity contribution < 1.29 is 9.53 Å². The second-order valence-corrected chi connectivity index (χ2v) is 8.71. The Kier molecular flexibility index (Phi) is 8.53. The number of hydrogen-bond acceptors (Lipinski definition) is 7. The highest BCUT2D eigenvalue weighted by molar-refractivity contribution is 5.95. The van der Waals surface area contributed by atoms with E-state index in [1.54, 1.807) is 12.3 Å². The van der Waals surface area contributed by atoms with Crippen molar-refractivity contribution in [1.29, 1.82) is 0 Å². The van der Waals surface area contributed by atoms with Gasteiger partial charge in [0.15, 0.2) is 0 Å². The average Bonchev–Trinajstić information content (AvgIpc) is 2.90. The van der Waals surface area contributed by atoms with Crippen LogP contribution in [0.4, 0.5) is 17.1 Å². The molecular formula is C27H34N6O2. The maximum Gasteiger partial charge on any atom is 0.243 e. The minimum absolute atomic E-state index is 0.111. The summed E-state index contributed by atoms with van der Waals surface area (Å²) in [6.07, 6.45) is 7.19. The van der Waals surface area contributed by atoms with Crippen molar-refractivity contribution in [1.82, 2.24) is 5.32 Å². The summed E-state index contributed by atoms with van der Waals surface area (Å²) in [5.41, 5.74) is 10.5. The predicted octanol–water partition coefficient (Wildman–Crippen LogP) is 3.56. The van der Waals surface area contributed by atoms with E-state index in [4.69, 9.17) is 10.5 Å². The Morgan fingerprint density at radius 1 is 1.06 bits per heavy atom. The predicted molar refractivity (Wildman–Crippen MR) is 144 cm³/mol. The van der Waals surface area contributed by atoms with Crippen LogP contribution in [0.3, 0.4) is 0 Å². The Balaban J connectivity index is 1.26. The molecule has 2 aliphatic rings. The number of nitrogens with zero attached hydrogens (tertiary/aromatic N) is 2. The van der Waals surface area contributed by atoms with E-state index in [0.717, 1.165) is 24.3 Å². The van der Waals surface area contributed by atoms with Gasteiger partial charge < -0.3 is 31.3 Å². The van der Waals surface area contributed by atoms with Gasteiger partial charge in [-0.2, -0.15) is 0 Å². The van der Waals surface area contributed by atoms with E-state index in [-0.39, 0.29) is 11.9 Å². The van der Waals surface area contributed by atoms with Crippen molar-refractivity contribution in [3.63, 3.8) is 0 Å². The van der Waals surface area contributed by atoms with Crippen LogP contribution in [0.5, 0.6) is 0 Å². The lowest BCUT2D eigenvalue weighted by molar-refractivity contribution is -0.120. The van der Waals surface area contributed by atoms with Crippen molar-refractivity contribution in [2.24, 2.45) is 10.7 Å². The lowest BCUT2D eigenvalue weighted by atomic mass is 10.1.